The van der Waals surface area contributed by atoms with Gasteiger partial charge in [0.05, 0.1) is 1.37 Å². The number of carbonyl (C=O) groups excluding carboxylic acids is 1. The molecule has 0 aromatic heterocycles. The number of hydrogen-bond donors (Lipinski definition) is 1. The highest BCUT2D eigenvalue weighted by Crippen LogP contribution is 2.28. The molecule has 0 atom stereocenters. The summed E-state index contributed by atoms with van der Waals surface area (Å²) < 4.78 is 9.55. The Labute approximate surface area is 169 Å². The van der Waals surface area contributed by atoms with E-state index in [1.54, 1.807) is 0 Å². The first-order valence-corrected chi connectivity index (χ1v) is 10.8. The Morgan fingerprint density at radius 3 is 2.08 bits per heavy atom. The van der Waals surface area contributed by atoms with Gasteiger partial charge in [0.1, 0.15) is 0 Å². The number of amides is 1. The van der Waals surface area contributed by atoms with Crippen molar-refractivity contribution in [3.05, 3.63) is 51.5 Å². The minimum Gasteiger partial charge on any atom is -0.322 e. The van der Waals surface area contributed by atoms with E-state index in [2.05, 4.69) is 48.9 Å². The second kappa shape index (κ2) is 12.9. The number of rotatable bonds is 11. The number of halogens is 1. The Morgan fingerprint density at radius 1 is 0.962 bits per heavy atom. The standard InChI is InChI=1S/C23H34BrNO/c1-5-9-13-18(10-6-2)21(11-7-3)22(12-8-4)23(26)25-20-16-14-19(24)15-17-20/h13-17H,5-12H2,1-4H3,(H,25,26)/b18-13?,22-21-/i13D. The maximum absolute atomic E-state index is 13.1. The molecule has 144 valence electrons. The molecular formula is C23H34BrNO. The van der Waals surface area contributed by atoms with Crippen LogP contribution in [0.5, 0.6) is 0 Å². The van der Waals surface area contributed by atoms with E-state index in [1.807, 2.05) is 24.3 Å². The van der Waals surface area contributed by atoms with Crippen LogP contribution in [-0.2, 0) is 4.79 Å². The molecule has 26 heavy (non-hydrogen) atoms. The van der Waals surface area contributed by atoms with Gasteiger partial charge in [-0.25, -0.2) is 0 Å². The molecule has 1 amide bonds. The maximum Gasteiger partial charge on any atom is 0.251 e. The van der Waals surface area contributed by atoms with Crippen LogP contribution < -0.4 is 5.32 Å². The predicted molar refractivity (Wildman–Crippen MR) is 118 cm³/mol. The molecule has 0 unspecified atom stereocenters. The lowest BCUT2D eigenvalue weighted by Crippen LogP contribution is -2.17. The maximum atomic E-state index is 13.1. The molecule has 1 aromatic carbocycles. The summed E-state index contributed by atoms with van der Waals surface area (Å²) in [5.41, 5.74) is 3.85. The summed E-state index contributed by atoms with van der Waals surface area (Å²) in [6, 6.07) is 8.36. The second-order valence-electron chi connectivity index (χ2n) is 6.57. The molecular weight excluding hydrogens is 386 g/mol. The van der Waals surface area contributed by atoms with Crippen LogP contribution in [0.25, 0.3) is 0 Å². The highest BCUT2D eigenvalue weighted by atomic mass is 79.9. The van der Waals surface area contributed by atoms with Gasteiger partial charge in [-0.2, -0.15) is 0 Å². The highest BCUT2D eigenvalue weighted by molar-refractivity contribution is 9.10. The number of carbonyl (C=O) groups is 1. The lowest BCUT2D eigenvalue weighted by Gasteiger charge is -2.18. The largest absolute Gasteiger partial charge is 0.322 e. The van der Waals surface area contributed by atoms with Crippen molar-refractivity contribution in [1.29, 1.82) is 0 Å². The van der Waals surface area contributed by atoms with Gasteiger partial charge >= 0.3 is 0 Å². The Kier molecular flexibility index (Phi) is 10.4. The molecule has 0 fully saturated rings. The van der Waals surface area contributed by atoms with Crippen LogP contribution in [0.15, 0.2) is 51.5 Å². The van der Waals surface area contributed by atoms with Gasteiger partial charge in [0, 0.05) is 15.7 Å². The summed E-state index contributed by atoms with van der Waals surface area (Å²) in [5, 5.41) is 3.06. The van der Waals surface area contributed by atoms with Gasteiger partial charge in [0.15, 0.2) is 0 Å². The van der Waals surface area contributed by atoms with E-state index < -0.39 is 0 Å². The van der Waals surface area contributed by atoms with Gasteiger partial charge < -0.3 is 5.32 Å². The van der Waals surface area contributed by atoms with Crippen LogP contribution in [-0.4, -0.2) is 5.91 Å². The molecule has 0 saturated carbocycles. The molecule has 0 radical (unpaired) electrons. The third-order valence-corrected chi connectivity index (χ3v) is 4.72. The fourth-order valence-corrected chi connectivity index (χ4v) is 3.26. The monoisotopic (exact) mass is 420 g/mol. The Morgan fingerprint density at radius 2 is 1.54 bits per heavy atom. The quantitative estimate of drug-likeness (QED) is 0.286. The fraction of sp³-hybridized carbons (Fsp3) is 0.522. The minimum atomic E-state index is -0.0273. The molecule has 0 aliphatic heterocycles. The van der Waals surface area contributed by atoms with Crippen LogP contribution in [0.1, 0.15) is 80.4 Å². The third kappa shape index (κ3) is 7.49. The molecule has 3 heteroatoms. The van der Waals surface area contributed by atoms with Gasteiger partial charge in [0.25, 0.3) is 5.91 Å². The van der Waals surface area contributed by atoms with Crippen molar-refractivity contribution < 1.29 is 6.17 Å². The predicted octanol–water partition coefficient (Wildman–Crippen LogP) is 7.81. The lowest BCUT2D eigenvalue weighted by atomic mass is 9.89. The minimum absolute atomic E-state index is 0.0273. The molecule has 0 spiro atoms. The first kappa shape index (κ1) is 21.0. The van der Waals surface area contributed by atoms with Crippen LogP contribution in [0.4, 0.5) is 5.69 Å². The molecule has 1 N–H and O–H groups in total. The average molecular weight is 421 g/mol. The van der Waals surface area contributed by atoms with E-state index in [0.717, 1.165) is 78.2 Å². The second-order valence-corrected chi connectivity index (χ2v) is 7.49. The van der Waals surface area contributed by atoms with Gasteiger partial charge in [0.2, 0.25) is 0 Å². The summed E-state index contributed by atoms with van der Waals surface area (Å²) in [4.78, 5) is 13.1. The van der Waals surface area contributed by atoms with Crippen molar-refractivity contribution >= 4 is 27.5 Å². The number of benzene rings is 1. The summed E-state index contributed by atoms with van der Waals surface area (Å²) >= 11 is 3.43. The van der Waals surface area contributed by atoms with E-state index in [0.29, 0.717) is 6.05 Å². The molecule has 0 aliphatic rings. The zero-order valence-corrected chi connectivity index (χ0v) is 18.3. The van der Waals surface area contributed by atoms with Gasteiger partial charge in [-0.05, 0) is 61.1 Å². The molecule has 0 bridgehead atoms. The molecule has 1 aromatic rings. The van der Waals surface area contributed by atoms with Gasteiger partial charge in [-0.15, -0.1) is 0 Å². The van der Waals surface area contributed by atoms with E-state index in [1.165, 1.54) is 0 Å². The van der Waals surface area contributed by atoms with Crippen molar-refractivity contribution in [1.82, 2.24) is 0 Å². The number of allylic oxidation sites excluding steroid dienone is 3. The van der Waals surface area contributed by atoms with Crippen molar-refractivity contribution in [3.63, 3.8) is 0 Å². The molecule has 0 heterocycles. The fourth-order valence-electron chi connectivity index (χ4n) is 3.00. The zero-order valence-electron chi connectivity index (χ0n) is 17.8. The van der Waals surface area contributed by atoms with E-state index >= 15 is 0 Å². The molecule has 0 aliphatic carbocycles. The summed E-state index contributed by atoms with van der Waals surface area (Å²) in [6.45, 7) is 8.50. The first-order chi connectivity index (χ1) is 13.0. The van der Waals surface area contributed by atoms with Gasteiger partial charge in [-0.1, -0.05) is 75.4 Å². The first-order valence-electron chi connectivity index (χ1n) is 10.5. The smallest absolute Gasteiger partial charge is 0.251 e. The SMILES string of the molecule is [2H]C(CCC)=C(CCC)/C(CCC)=C(/CCC)C(=O)Nc1ccc(Br)cc1. The van der Waals surface area contributed by atoms with Crippen molar-refractivity contribution in [2.45, 2.75) is 79.1 Å². The number of hydrogen-bond acceptors (Lipinski definition) is 1. The van der Waals surface area contributed by atoms with Crippen molar-refractivity contribution in [3.8, 4) is 0 Å². The Balaban J connectivity index is 3.36. The van der Waals surface area contributed by atoms with Crippen LogP contribution in [0, 0.1) is 0 Å². The van der Waals surface area contributed by atoms with Crippen LogP contribution >= 0.6 is 15.9 Å². The molecule has 0 saturated heterocycles. The van der Waals surface area contributed by atoms with E-state index in [-0.39, 0.29) is 5.91 Å². The molecule has 2 nitrogen and oxygen atoms in total. The zero-order chi connectivity index (χ0) is 20.2. The van der Waals surface area contributed by atoms with E-state index in [9.17, 15) is 4.79 Å². The number of anilines is 1. The topological polar surface area (TPSA) is 29.1 Å². The Hall–Kier alpha value is -1.35. The third-order valence-electron chi connectivity index (χ3n) is 4.19. The van der Waals surface area contributed by atoms with Crippen LogP contribution in [0.2, 0.25) is 0 Å². The summed E-state index contributed by atoms with van der Waals surface area (Å²) in [7, 11) is 0. The van der Waals surface area contributed by atoms with Crippen LogP contribution in [0.3, 0.4) is 0 Å². The lowest BCUT2D eigenvalue weighted by molar-refractivity contribution is -0.113. The number of nitrogens with one attached hydrogen (secondary N) is 1. The van der Waals surface area contributed by atoms with Crippen molar-refractivity contribution in [2.75, 3.05) is 5.32 Å². The van der Waals surface area contributed by atoms with E-state index in [4.69, 9.17) is 1.37 Å². The van der Waals surface area contributed by atoms with Crippen molar-refractivity contribution in [2.24, 2.45) is 0 Å². The van der Waals surface area contributed by atoms with Gasteiger partial charge in [-0.3, -0.25) is 4.79 Å². The Bertz CT molecular complexity index is 661. The average Bonchev–Trinajstić information content (AvgIpc) is 2.65. The normalized spacial score (nSPS) is 13.7. The molecule has 1 rings (SSSR count). The summed E-state index contributed by atoms with van der Waals surface area (Å²) in [5.74, 6) is -0.0273. The summed E-state index contributed by atoms with van der Waals surface area (Å²) in [6.07, 6.45) is 7.07. The highest BCUT2D eigenvalue weighted by Gasteiger charge is 2.17.